The number of hydrogen-bond donors (Lipinski definition) is 0. The second-order valence-electron chi connectivity index (χ2n) is 5.48. The molecule has 0 spiro atoms. The van der Waals surface area contributed by atoms with Crippen molar-refractivity contribution in [3.63, 3.8) is 0 Å². The van der Waals surface area contributed by atoms with Gasteiger partial charge in [-0.15, -0.1) is 6.58 Å². The molecular formula is C17H13ClF6O. The van der Waals surface area contributed by atoms with E-state index in [1.54, 1.807) is 0 Å². The van der Waals surface area contributed by atoms with Gasteiger partial charge in [0, 0.05) is 12.1 Å². The zero-order chi connectivity index (χ0) is 19.0. The summed E-state index contributed by atoms with van der Waals surface area (Å²) in [5.41, 5.74) is -4.55. The van der Waals surface area contributed by atoms with E-state index >= 15 is 0 Å². The molecule has 0 aromatic heterocycles. The molecule has 1 aliphatic rings. The molecule has 2 atom stereocenters. The van der Waals surface area contributed by atoms with Crippen LogP contribution in [0.1, 0.15) is 16.7 Å². The summed E-state index contributed by atoms with van der Waals surface area (Å²) < 4.78 is 83.9. The molecule has 1 nitrogen and oxygen atoms in total. The van der Waals surface area contributed by atoms with Crippen molar-refractivity contribution >= 4 is 11.6 Å². The minimum Gasteiger partial charge on any atom is -0.376 e. The van der Waals surface area contributed by atoms with E-state index in [1.807, 2.05) is 0 Å². The Hall–Kier alpha value is -1.73. The predicted octanol–water partition coefficient (Wildman–Crippen LogP) is 5.86. The van der Waals surface area contributed by atoms with Gasteiger partial charge in [0.05, 0.1) is 22.6 Å². The van der Waals surface area contributed by atoms with E-state index in [0.717, 1.165) is 0 Å². The third-order valence-electron chi connectivity index (χ3n) is 3.96. The summed E-state index contributed by atoms with van der Waals surface area (Å²) in [5, 5.41) is 0.152. The summed E-state index contributed by atoms with van der Waals surface area (Å²) in [4.78, 5) is 0. The van der Waals surface area contributed by atoms with Crippen LogP contribution in [0, 0.1) is 0 Å². The molecule has 0 fully saturated rings. The molecule has 0 saturated carbocycles. The van der Waals surface area contributed by atoms with E-state index in [4.69, 9.17) is 16.3 Å². The van der Waals surface area contributed by atoms with Crippen molar-refractivity contribution in [3.8, 4) is 0 Å². The van der Waals surface area contributed by atoms with Gasteiger partial charge in [-0.2, -0.15) is 26.3 Å². The van der Waals surface area contributed by atoms with Gasteiger partial charge in [-0.25, -0.2) is 0 Å². The van der Waals surface area contributed by atoms with Gasteiger partial charge in [0.25, 0.3) is 0 Å². The highest BCUT2D eigenvalue weighted by atomic mass is 35.5. The first-order valence-electron chi connectivity index (χ1n) is 6.97. The lowest BCUT2D eigenvalue weighted by atomic mass is 9.72. The van der Waals surface area contributed by atoms with E-state index in [-0.39, 0.29) is 16.7 Å². The number of alkyl halides is 6. The predicted molar refractivity (Wildman–Crippen MR) is 82.2 cm³/mol. The minimum atomic E-state index is -4.95. The highest BCUT2D eigenvalue weighted by Crippen LogP contribution is 2.43. The third kappa shape index (κ3) is 3.77. The van der Waals surface area contributed by atoms with E-state index in [0.29, 0.717) is 12.1 Å². The smallest absolute Gasteiger partial charge is 0.376 e. The van der Waals surface area contributed by atoms with Crippen LogP contribution in [0.25, 0.3) is 0 Å². The largest absolute Gasteiger partial charge is 0.416 e. The van der Waals surface area contributed by atoms with Gasteiger partial charge in [0.15, 0.2) is 0 Å². The molecule has 0 aliphatic heterocycles. The molecule has 0 bridgehead atoms. The minimum absolute atomic E-state index is 0.0755. The van der Waals surface area contributed by atoms with Gasteiger partial charge < -0.3 is 4.74 Å². The lowest BCUT2D eigenvalue weighted by Gasteiger charge is -2.36. The van der Waals surface area contributed by atoms with Crippen LogP contribution in [-0.2, 0) is 22.5 Å². The van der Waals surface area contributed by atoms with Crippen LogP contribution in [0.15, 0.2) is 54.1 Å². The van der Waals surface area contributed by atoms with Crippen molar-refractivity contribution in [2.24, 2.45) is 0 Å². The van der Waals surface area contributed by atoms with Crippen LogP contribution in [-0.4, -0.2) is 13.2 Å². The molecule has 0 radical (unpaired) electrons. The first kappa shape index (κ1) is 19.6. The summed E-state index contributed by atoms with van der Waals surface area (Å²) in [6, 6.07) is 1.39. The van der Waals surface area contributed by atoms with E-state index in [1.165, 1.54) is 31.4 Å². The Balaban J connectivity index is 2.79. The molecule has 2 unspecified atom stereocenters. The van der Waals surface area contributed by atoms with Gasteiger partial charge in [0.1, 0.15) is 0 Å². The fourth-order valence-electron chi connectivity index (χ4n) is 2.72. The molecule has 136 valence electrons. The zero-order valence-electron chi connectivity index (χ0n) is 12.9. The van der Waals surface area contributed by atoms with Gasteiger partial charge >= 0.3 is 12.4 Å². The summed E-state index contributed by atoms with van der Waals surface area (Å²) in [5.74, 6) is 0. The number of benzene rings is 1. The standard InChI is InChI=1S/C17H13ClF6O/c1-3-15(9-13(18)4-5-14(15)25-2)10-6-11(16(19,20)21)8-12(7-10)17(22,23)24/h3-9,14H,1H2,2H3. The molecule has 8 heteroatoms. The second kappa shape index (κ2) is 6.53. The Bertz CT molecular complexity index is 699. The molecular weight excluding hydrogens is 370 g/mol. The number of hydrogen-bond acceptors (Lipinski definition) is 1. The van der Waals surface area contributed by atoms with Crippen molar-refractivity contribution in [1.82, 2.24) is 0 Å². The van der Waals surface area contributed by atoms with Crippen LogP contribution in [0.2, 0.25) is 0 Å². The monoisotopic (exact) mass is 382 g/mol. The highest BCUT2D eigenvalue weighted by molar-refractivity contribution is 6.31. The quantitative estimate of drug-likeness (QED) is 0.470. The average molecular weight is 383 g/mol. The van der Waals surface area contributed by atoms with Crippen molar-refractivity contribution in [2.75, 3.05) is 7.11 Å². The maximum Gasteiger partial charge on any atom is 0.416 e. The van der Waals surface area contributed by atoms with Gasteiger partial charge in [-0.1, -0.05) is 23.8 Å². The van der Waals surface area contributed by atoms with E-state index in [9.17, 15) is 26.3 Å². The lowest BCUT2D eigenvalue weighted by Crippen LogP contribution is -2.38. The number of methoxy groups -OCH3 is 1. The normalized spacial score (nSPS) is 24.2. The maximum absolute atomic E-state index is 13.1. The molecule has 1 aromatic rings. The van der Waals surface area contributed by atoms with E-state index in [2.05, 4.69) is 6.58 Å². The van der Waals surface area contributed by atoms with E-state index < -0.39 is 35.0 Å². The zero-order valence-corrected chi connectivity index (χ0v) is 13.6. The number of allylic oxidation sites excluding steroid dienone is 2. The third-order valence-corrected chi connectivity index (χ3v) is 4.19. The van der Waals surface area contributed by atoms with Crippen molar-refractivity contribution in [1.29, 1.82) is 0 Å². The fraction of sp³-hybridized carbons (Fsp3) is 0.294. The molecule has 1 aliphatic carbocycles. The van der Waals surface area contributed by atoms with Crippen molar-refractivity contribution in [2.45, 2.75) is 23.9 Å². The Morgan fingerprint density at radius 3 is 2.00 bits per heavy atom. The Labute approximate surface area is 145 Å². The topological polar surface area (TPSA) is 9.23 Å². The summed E-state index contributed by atoms with van der Waals surface area (Å²) >= 11 is 5.94. The van der Waals surface area contributed by atoms with Gasteiger partial charge in [0.2, 0.25) is 0 Å². The molecule has 25 heavy (non-hydrogen) atoms. The Morgan fingerprint density at radius 1 is 1.08 bits per heavy atom. The van der Waals surface area contributed by atoms with Crippen molar-refractivity contribution < 1.29 is 31.1 Å². The SMILES string of the molecule is C=CC1(c2cc(C(F)(F)F)cc(C(F)(F)F)c2)C=C(Cl)C=CC1OC. The molecule has 0 heterocycles. The molecule has 0 amide bonds. The van der Waals surface area contributed by atoms with Crippen molar-refractivity contribution in [3.05, 3.63) is 70.8 Å². The van der Waals surface area contributed by atoms with Gasteiger partial charge in [-0.3, -0.25) is 0 Å². The summed E-state index contributed by atoms with van der Waals surface area (Å²) in [6.45, 7) is 3.57. The Morgan fingerprint density at radius 2 is 1.60 bits per heavy atom. The maximum atomic E-state index is 13.1. The average Bonchev–Trinajstić information content (AvgIpc) is 2.52. The van der Waals surface area contributed by atoms with Crippen LogP contribution >= 0.6 is 11.6 Å². The fourth-order valence-corrected chi connectivity index (χ4v) is 2.97. The number of halogens is 7. The molecule has 0 saturated heterocycles. The highest BCUT2D eigenvalue weighted by Gasteiger charge is 2.42. The number of ether oxygens (including phenoxy) is 1. The summed E-state index contributed by atoms with van der Waals surface area (Å²) in [7, 11) is 1.29. The first-order valence-corrected chi connectivity index (χ1v) is 7.35. The molecule has 2 rings (SSSR count). The summed E-state index contributed by atoms with van der Waals surface area (Å²) in [6.07, 6.45) is -5.30. The number of rotatable bonds is 3. The van der Waals surface area contributed by atoms with Crippen LogP contribution in [0.3, 0.4) is 0 Å². The molecule has 1 aromatic carbocycles. The Kier molecular flexibility index (Phi) is 5.12. The lowest BCUT2D eigenvalue weighted by molar-refractivity contribution is -0.143. The van der Waals surface area contributed by atoms with Crippen LogP contribution < -0.4 is 0 Å². The van der Waals surface area contributed by atoms with Crippen LogP contribution in [0.5, 0.6) is 0 Å². The second-order valence-corrected chi connectivity index (χ2v) is 5.91. The first-order chi connectivity index (χ1) is 11.4. The molecule has 0 N–H and O–H groups in total. The van der Waals surface area contributed by atoms with Gasteiger partial charge in [-0.05, 0) is 35.9 Å². The van der Waals surface area contributed by atoms with Crippen LogP contribution in [0.4, 0.5) is 26.3 Å².